The van der Waals surface area contributed by atoms with Crippen LogP contribution < -0.4 is 16.2 Å². The fraction of sp³-hybridized carbons (Fsp3) is 0.250. The van der Waals surface area contributed by atoms with Crippen molar-refractivity contribution in [2.75, 3.05) is 17.2 Å². The molecule has 0 saturated heterocycles. The summed E-state index contributed by atoms with van der Waals surface area (Å²) in [5.74, 6) is 1.68. The molecule has 0 unspecified atom stereocenters. The van der Waals surface area contributed by atoms with Crippen molar-refractivity contribution in [1.29, 1.82) is 0 Å². The van der Waals surface area contributed by atoms with Crippen LogP contribution in [0.4, 0.5) is 17.3 Å². The molecule has 0 aliphatic rings. The summed E-state index contributed by atoms with van der Waals surface area (Å²) in [7, 11) is 0. The first-order chi connectivity index (χ1) is 21.5. The maximum absolute atomic E-state index is 13.1. The summed E-state index contributed by atoms with van der Waals surface area (Å²) in [5, 5.41) is 21.7. The third kappa shape index (κ3) is 5.66. The normalized spacial score (nSPS) is 12.1. The average Bonchev–Trinajstić information content (AvgIpc) is 3.64. The number of aromatic nitrogens is 7. The lowest BCUT2D eigenvalue weighted by Gasteiger charge is -2.20. The van der Waals surface area contributed by atoms with Crippen LogP contribution in [0.5, 0.6) is 0 Å². The molecule has 0 spiro atoms. The Kier molecular flexibility index (Phi) is 8.15. The van der Waals surface area contributed by atoms with Crippen molar-refractivity contribution in [3.05, 3.63) is 95.2 Å². The lowest BCUT2D eigenvalue weighted by Crippen LogP contribution is -2.24. The Balaban J connectivity index is 1.39. The SMILES string of the molecule is CCCn1c(=O)c2ccc(Nc3cc(N[C@H](CO)c4ccccc4)c(-c4nc(-c5cccnc5)no4)cn3)nc2n1C(C)C. The molecule has 0 amide bonds. The van der Waals surface area contributed by atoms with Crippen LogP contribution in [0.3, 0.4) is 0 Å². The van der Waals surface area contributed by atoms with Gasteiger partial charge in [-0.1, -0.05) is 42.4 Å². The topological polar surface area (TPSA) is 149 Å². The van der Waals surface area contributed by atoms with Gasteiger partial charge in [0.2, 0.25) is 5.82 Å². The second-order valence-corrected chi connectivity index (χ2v) is 10.6. The van der Waals surface area contributed by atoms with E-state index >= 15 is 0 Å². The maximum Gasteiger partial charge on any atom is 0.276 e. The second kappa shape index (κ2) is 12.5. The molecular formula is C32H33N9O3. The number of hydrogen-bond acceptors (Lipinski definition) is 10. The van der Waals surface area contributed by atoms with Gasteiger partial charge in [-0.2, -0.15) is 4.98 Å². The molecule has 5 aromatic heterocycles. The Morgan fingerprint density at radius 3 is 2.57 bits per heavy atom. The standard InChI is InChI=1S/C32H33N9O3/c1-4-15-40-32(43)23-12-13-27(37-30(23)41(40)20(2)3)36-28-16-25(35-26(19-42)21-9-6-5-7-10-21)24(18-34-28)31-38-29(39-44-31)22-11-8-14-33-17-22/h5-14,16-18,20,26,42H,4,15,19H2,1-3H3,(H2,34,35,36,37)/t26-/m1/s1. The van der Waals surface area contributed by atoms with Gasteiger partial charge < -0.3 is 20.3 Å². The lowest BCUT2D eigenvalue weighted by molar-refractivity contribution is 0.276. The molecule has 1 aromatic carbocycles. The predicted molar refractivity (Wildman–Crippen MR) is 169 cm³/mol. The van der Waals surface area contributed by atoms with E-state index in [-0.39, 0.29) is 24.1 Å². The fourth-order valence-electron chi connectivity index (χ4n) is 5.15. The molecule has 6 rings (SSSR count). The van der Waals surface area contributed by atoms with Gasteiger partial charge in [0.05, 0.1) is 29.3 Å². The molecule has 12 heteroatoms. The van der Waals surface area contributed by atoms with E-state index in [1.165, 1.54) is 0 Å². The van der Waals surface area contributed by atoms with E-state index < -0.39 is 6.04 Å². The molecule has 0 aliphatic carbocycles. The van der Waals surface area contributed by atoms with E-state index in [2.05, 4.69) is 30.7 Å². The van der Waals surface area contributed by atoms with Gasteiger partial charge >= 0.3 is 0 Å². The summed E-state index contributed by atoms with van der Waals surface area (Å²) in [6, 6.07) is 18.3. The molecule has 12 nitrogen and oxygen atoms in total. The number of rotatable bonds is 11. The molecule has 44 heavy (non-hydrogen) atoms. The zero-order chi connectivity index (χ0) is 30.6. The zero-order valence-electron chi connectivity index (χ0n) is 24.7. The van der Waals surface area contributed by atoms with Crippen LogP contribution in [0.25, 0.3) is 33.9 Å². The Hall–Kier alpha value is -5.36. The Bertz CT molecular complexity index is 1930. The van der Waals surface area contributed by atoms with E-state index in [9.17, 15) is 9.90 Å². The number of fused-ring (bicyclic) bond motifs is 1. The highest BCUT2D eigenvalue weighted by atomic mass is 16.5. The zero-order valence-corrected chi connectivity index (χ0v) is 24.7. The van der Waals surface area contributed by atoms with Crippen molar-refractivity contribution in [3.8, 4) is 22.8 Å². The first kappa shape index (κ1) is 28.7. The maximum atomic E-state index is 13.1. The van der Waals surface area contributed by atoms with Crippen LogP contribution in [-0.4, -0.2) is 46.2 Å². The van der Waals surface area contributed by atoms with E-state index in [1.54, 1.807) is 47.5 Å². The largest absolute Gasteiger partial charge is 0.394 e. The first-order valence-corrected chi connectivity index (χ1v) is 14.5. The number of hydrogen-bond donors (Lipinski definition) is 3. The van der Waals surface area contributed by atoms with Gasteiger partial charge in [-0.15, -0.1) is 0 Å². The number of aliphatic hydroxyl groups is 1. The molecule has 0 radical (unpaired) electrons. The number of pyridine rings is 3. The Labute approximate surface area is 253 Å². The van der Waals surface area contributed by atoms with Crippen LogP contribution in [-0.2, 0) is 6.54 Å². The van der Waals surface area contributed by atoms with Crippen molar-refractivity contribution in [2.45, 2.75) is 45.8 Å². The summed E-state index contributed by atoms with van der Waals surface area (Å²) >= 11 is 0. The van der Waals surface area contributed by atoms with Crippen molar-refractivity contribution in [1.82, 2.24) is 34.5 Å². The predicted octanol–water partition coefficient (Wildman–Crippen LogP) is 5.59. The minimum absolute atomic E-state index is 0.0436. The van der Waals surface area contributed by atoms with E-state index in [0.717, 1.165) is 17.5 Å². The highest BCUT2D eigenvalue weighted by molar-refractivity contribution is 5.79. The van der Waals surface area contributed by atoms with Gasteiger partial charge in [0.25, 0.3) is 11.4 Å². The number of anilines is 3. The van der Waals surface area contributed by atoms with Crippen LogP contribution >= 0.6 is 0 Å². The summed E-state index contributed by atoms with van der Waals surface area (Å²) < 4.78 is 9.34. The van der Waals surface area contributed by atoms with Crippen LogP contribution in [0.1, 0.15) is 44.8 Å². The summed E-state index contributed by atoms with van der Waals surface area (Å²) in [4.78, 5) is 31.2. The van der Waals surface area contributed by atoms with E-state index in [1.807, 2.05) is 61.9 Å². The summed E-state index contributed by atoms with van der Waals surface area (Å²) in [6.07, 6.45) is 5.80. The summed E-state index contributed by atoms with van der Waals surface area (Å²) in [5.41, 5.74) is 3.35. The number of aliphatic hydroxyl groups excluding tert-OH is 1. The molecule has 3 N–H and O–H groups in total. The fourth-order valence-corrected chi connectivity index (χ4v) is 5.15. The Morgan fingerprint density at radius 2 is 1.84 bits per heavy atom. The average molecular weight is 592 g/mol. The third-order valence-corrected chi connectivity index (χ3v) is 7.19. The minimum atomic E-state index is -0.417. The quantitative estimate of drug-likeness (QED) is 0.174. The number of nitrogens with one attached hydrogen (secondary N) is 2. The van der Waals surface area contributed by atoms with E-state index in [4.69, 9.17) is 9.51 Å². The highest BCUT2D eigenvalue weighted by Gasteiger charge is 2.20. The molecule has 0 aliphatic heterocycles. The molecular weight excluding hydrogens is 558 g/mol. The number of nitrogens with zero attached hydrogens (tertiary/aromatic N) is 7. The number of benzene rings is 1. The van der Waals surface area contributed by atoms with Crippen LogP contribution in [0.15, 0.2) is 88.6 Å². The highest BCUT2D eigenvalue weighted by Crippen LogP contribution is 2.33. The van der Waals surface area contributed by atoms with Crippen LogP contribution in [0, 0.1) is 0 Å². The van der Waals surface area contributed by atoms with Gasteiger partial charge in [0.1, 0.15) is 11.6 Å². The van der Waals surface area contributed by atoms with E-state index in [0.29, 0.717) is 46.3 Å². The summed E-state index contributed by atoms with van der Waals surface area (Å²) in [6.45, 7) is 6.57. The van der Waals surface area contributed by atoms with Crippen molar-refractivity contribution < 1.29 is 9.63 Å². The molecule has 1 atom stereocenters. The van der Waals surface area contributed by atoms with Crippen molar-refractivity contribution in [3.63, 3.8) is 0 Å². The minimum Gasteiger partial charge on any atom is -0.394 e. The van der Waals surface area contributed by atoms with Gasteiger partial charge in [-0.05, 0) is 50.1 Å². The van der Waals surface area contributed by atoms with Gasteiger partial charge in [0, 0.05) is 42.8 Å². The Morgan fingerprint density at radius 1 is 1.00 bits per heavy atom. The van der Waals surface area contributed by atoms with Gasteiger partial charge in [-0.3, -0.25) is 14.5 Å². The van der Waals surface area contributed by atoms with Crippen molar-refractivity contribution in [2.24, 2.45) is 0 Å². The smallest absolute Gasteiger partial charge is 0.276 e. The molecule has 0 fully saturated rings. The van der Waals surface area contributed by atoms with Crippen molar-refractivity contribution >= 4 is 28.4 Å². The molecule has 224 valence electrons. The third-order valence-electron chi connectivity index (χ3n) is 7.19. The first-order valence-electron chi connectivity index (χ1n) is 14.5. The van der Waals surface area contributed by atoms with Crippen LogP contribution in [0.2, 0.25) is 0 Å². The van der Waals surface area contributed by atoms with Gasteiger partial charge in [0.15, 0.2) is 5.65 Å². The van der Waals surface area contributed by atoms with Gasteiger partial charge in [-0.25, -0.2) is 14.6 Å². The lowest BCUT2D eigenvalue weighted by atomic mass is 10.1. The molecule has 5 heterocycles. The molecule has 0 saturated carbocycles. The molecule has 6 aromatic rings. The second-order valence-electron chi connectivity index (χ2n) is 10.6. The monoisotopic (exact) mass is 591 g/mol. The molecule has 0 bridgehead atoms.